The van der Waals surface area contributed by atoms with E-state index in [4.69, 9.17) is 10.5 Å². The summed E-state index contributed by atoms with van der Waals surface area (Å²) in [5.41, 5.74) is 6.30. The average Bonchev–Trinajstić information content (AvgIpc) is 2.69. The van der Waals surface area contributed by atoms with Crippen LogP contribution in [0.3, 0.4) is 0 Å². The monoisotopic (exact) mass is 379 g/mol. The molecule has 146 valence electrons. The summed E-state index contributed by atoms with van der Waals surface area (Å²) in [4.78, 5) is 26.4. The lowest BCUT2D eigenvalue weighted by Crippen LogP contribution is -2.60. The molecule has 0 spiro atoms. The molecule has 3 aliphatic rings. The van der Waals surface area contributed by atoms with Crippen molar-refractivity contribution in [2.45, 2.75) is 31.8 Å². The highest BCUT2D eigenvalue weighted by atomic mass is 16.5. The number of hydrogen-bond donors (Lipinski definition) is 2. The first kappa shape index (κ1) is 18.5. The number of primary amides is 1. The lowest BCUT2D eigenvalue weighted by atomic mass is 9.80. The molecule has 3 fully saturated rings. The molecule has 0 saturated carbocycles. The summed E-state index contributed by atoms with van der Waals surface area (Å²) in [5, 5.41) is 3.20. The van der Waals surface area contributed by atoms with E-state index in [1.54, 1.807) is 48.5 Å². The number of nitrogens with zero attached hydrogens (tertiary/aromatic N) is 1. The van der Waals surface area contributed by atoms with Crippen molar-refractivity contribution >= 4 is 11.8 Å². The van der Waals surface area contributed by atoms with E-state index in [-0.39, 0.29) is 11.9 Å². The van der Waals surface area contributed by atoms with Crippen LogP contribution in [0.15, 0.2) is 48.5 Å². The van der Waals surface area contributed by atoms with Gasteiger partial charge in [-0.25, -0.2) is 0 Å². The number of benzene rings is 2. The second kappa shape index (κ2) is 7.64. The molecule has 3 aliphatic heterocycles. The second-order valence-electron chi connectivity index (χ2n) is 7.73. The van der Waals surface area contributed by atoms with Crippen LogP contribution in [0.5, 0.6) is 11.5 Å². The molecule has 0 aliphatic carbocycles. The van der Waals surface area contributed by atoms with Crippen molar-refractivity contribution in [3.8, 4) is 11.5 Å². The van der Waals surface area contributed by atoms with Gasteiger partial charge in [0.25, 0.3) is 5.91 Å². The minimum atomic E-state index is -0.500. The lowest BCUT2D eigenvalue weighted by Gasteiger charge is -2.48. The summed E-state index contributed by atoms with van der Waals surface area (Å²) in [5.74, 6) is 1.14. The summed E-state index contributed by atoms with van der Waals surface area (Å²) in [6, 6.07) is 14.6. The fourth-order valence-corrected chi connectivity index (χ4v) is 4.23. The number of carbonyl (C=O) groups excluding carboxylic acids is 2. The summed E-state index contributed by atoms with van der Waals surface area (Å²) >= 11 is 0. The van der Waals surface area contributed by atoms with Crippen LogP contribution in [-0.4, -0.2) is 41.9 Å². The molecule has 2 amide bonds. The molecule has 0 aromatic heterocycles. The third-order valence-electron chi connectivity index (χ3n) is 5.84. The van der Waals surface area contributed by atoms with Crippen molar-refractivity contribution in [1.29, 1.82) is 0 Å². The molecular weight excluding hydrogens is 354 g/mol. The Hall–Kier alpha value is -2.86. The maximum Gasteiger partial charge on any atom is 0.251 e. The van der Waals surface area contributed by atoms with Gasteiger partial charge in [-0.2, -0.15) is 0 Å². The third kappa shape index (κ3) is 3.87. The van der Waals surface area contributed by atoms with E-state index >= 15 is 0 Å². The number of carbonyl (C=O) groups is 2. The van der Waals surface area contributed by atoms with Gasteiger partial charge in [0.15, 0.2) is 0 Å². The van der Waals surface area contributed by atoms with Crippen LogP contribution in [0.2, 0.25) is 0 Å². The van der Waals surface area contributed by atoms with E-state index in [9.17, 15) is 9.59 Å². The Morgan fingerprint density at radius 2 is 1.89 bits per heavy atom. The third-order valence-corrected chi connectivity index (χ3v) is 5.84. The minimum absolute atomic E-state index is 0.0475. The van der Waals surface area contributed by atoms with Gasteiger partial charge in [0.05, 0.1) is 0 Å². The molecular formula is C22H25N3O3. The first-order chi connectivity index (χ1) is 13.5. The highest BCUT2D eigenvalue weighted by Gasteiger charge is 2.38. The van der Waals surface area contributed by atoms with Gasteiger partial charge in [-0.05, 0) is 74.7 Å². The average molecular weight is 379 g/mol. The van der Waals surface area contributed by atoms with Crippen LogP contribution in [0.4, 0.5) is 0 Å². The molecule has 6 nitrogen and oxygen atoms in total. The molecule has 2 aromatic carbocycles. The van der Waals surface area contributed by atoms with Gasteiger partial charge in [-0.1, -0.05) is 6.07 Å². The van der Waals surface area contributed by atoms with Gasteiger partial charge in [0.1, 0.15) is 11.5 Å². The summed E-state index contributed by atoms with van der Waals surface area (Å²) in [7, 11) is 0. The van der Waals surface area contributed by atoms with E-state index < -0.39 is 5.91 Å². The molecule has 5 rings (SSSR count). The van der Waals surface area contributed by atoms with Crippen molar-refractivity contribution in [2.24, 2.45) is 11.7 Å². The fraction of sp³-hybridized carbons (Fsp3) is 0.364. The predicted octanol–water partition coefficient (Wildman–Crippen LogP) is 2.79. The zero-order valence-corrected chi connectivity index (χ0v) is 15.9. The van der Waals surface area contributed by atoms with E-state index in [2.05, 4.69) is 17.1 Å². The molecule has 3 heterocycles. The first-order valence-electron chi connectivity index (χ1n) is 9.72. The molecule has 3 saturated heterocycles. The predicted molar refractivity (Wildman–Crippen MR) is 106 cm³/mol. The van der Waals surface area contributed by atoms with Crippen molar-refractivity contribution < 1.29 is 14.3 Å². The van der Waals surface area contributed by atoms with Gasteiger partial charge in [0, 0.05) is 29.8 Å². The van der Waals surface area contributed by atoms with Crippen LogP contribution in [-0.2, 0) is 0 Å². The highest BCUT2D eigenvalue weighted by Crippen LogP contribution is 2.32. The number of rotatable bonds is 5. The maximum atomic E-state index is 12.6. The van der Waals surface area contributed by atoms with Gasteiger partial charge >= 0.3 is 0 Å². The van der Waals surface area contributed by atoms with Crippen LogP contribution in [0.25, 0.3) is 0 Å². The number of hydrogen-bond acceptors (Lipinski definition) is 4. The molecule has 3 N–H and O–H groups in total. The summed E-state index contributed by atoms with van der Waals surface area (Å²) in [6.07, 6.45) is 2.31. The number of piperidine rings is 3. The number of fused-ring (bicyclic) bond motifs is 3. The lowest BCUT2D eigenvalue weighted by molar-refractivity contribution is 0.0274. The Labute approximate surface area is 164 Å². The van der Waals surface area contributed by atoms with Crippen LogP contribution in [0, 0.1) is 5.92 Å². The molecule has 2 bridgehead atoms. The SMILES string of the molecule is CC1CC2CCN1CC2NC(=O)c1ccc(Oc2cccc(C(N)=O)c2)cc1. The topological polar surface area (TPSA) is 84.7 Å². The van der Waals surface area contributed by atoms with E-state index in [0.29, 0.717) is 34.6 Å². The Morgan fingerprint density at radius 3 is 2.54 bits per heavy atom. The van der Waals surface area contributed by atoms with Crippen LogP contribution < -0.4 is 15.8 Å². The first-order valence-corrected chi connectivity index (χ1v) is 9.72. The van der Waals surface area contributed by atoms with E-state index in [1.165, 1.54) is 0 Å². The number of ether oxygens (including phenoxy) is 1. The van der Waals surface area contributed by atoms with Crippen molar-refractivity contribution in [2.75, 3.05) is 13.1 Å². The summed E-state index contributed by atoms with van der Waals surface area (Å²) in [6.45, 7) is 4.35. The zero-order chi connectivity index (χ0) is 19.7. The Balaban J connectivity index is 1.38. The van der Waals surface area contributed by atoms with Crippen LogP contribution in [0.1, 0.15) is 40.5 Å². The zero-order valence-electron chi connectivity index (χ0n) is 15.9. The smallest absolute Gasteiger partial charge is 0.251 e. The van der Waals surface area contributed by atoms with Crippen molar-refractivity contribution in [1.82, 2.24) is 10.2 Å². The Morgan fingerprint density at radius 1 is 1.11 bits per heavy atom. The molecule has 6 heteroatoms. The summed E-state index contributed by atoms with van der Waals surface area (Å²) < 4.78 is 5.76. The van der Waals surface area contributed by atoms with Crippen molar-refractivity contribution in [3.05, 3.63) is 59.7 Å². The van der Waals surface area contributed by atoms with Gasteiger partial charge < -0.3 is 15.8 Å². The largest absolute Gasteiger partial charge is 0.457 e. The number of nitrogens with one attached hydrogen (secondary N) is 1. The molecule has 2 aromatic rings. The van der Waals surface area contributed by atoms with E-state index in [1.807, 2.05) is 0 Å². The van der Waals surface area contributed by atoms with Gasteiger partial charge in [-0.3, -0.25) is 14.5 Å². The Bertz CT molecular complexity index is 881. The molecule has 0 radical (unpaired) electrons. The quantitative estimate of drug-likeness (QED) is 0.837. The van der Waals surface area contributed by atoms with Gasteiger partial charge in [-0.15, -0.1) is 0 Å². The standard InChI is InChI=1S/C22H25N3O3/c1-14-11-16-9-10-25(14)13-20(16)24-22(27)15-5-7-18(8-6-15)28-19-4-2-3-17(12-19)21(23)26/h2-8,12,14,16,20H,9-11,13H2,1H3,(H2,23,26)(H,24,27). The second-order valence-corrected chi connectivity index (χ2v) is 7.73. The van der Waals surface area contributed by atoms with Gasteiger partial charge in [0.2, 0.25) is 5.91 Å². The normalized spacial score (nSPS) is 25.9. The van der Waals surface area contributed by atoms with Crippen LogP contribution >= 0.6 is 0 Å². The highest BCUT2D eigenvalue weighted by molar-refractivity contribution is 5.94. The minimum Gasteiger partial charge on any atom is -0.457 e. The van der Waals surface area contributed by atoms with E-state index in [0.717, 1.165) is 25.9 Å². The maximum absolute atomic E-state index is 12.6. The fourth-order valence-electron chi connectivity index (χ4n) is 4.23. The Kier molecular flexibility index (Phi) is 5.05. The molecule has 28 heavy (non-hydrogen) atoms. The number of amides is 2. The molecule has 4 unspecified atom stereocenters. The molecule has 4 atom stereocenters. The van der Waals surface area contributed by atoms with Crippen molar-refractivity contribution in [3.63, 3.8) is 0 Å². The number of nitrogens with two attached hydrogens (primary N) is 1.